The minimum absolute atomic E-state index is 0.588. The average molecular weight is 256 g/mol. The first-order valence-electron chi connectivity index (χ1n) is 6.68. The van der Waals surface area contributed by atoms with E-state index in [1.54, 1.807) is 0 Å². The first kappa shape index (κ1) is 13.6. The maximum atomic E-state index is 5.83. The number of nitrogens with one attached hydrogen (secondary N) is 1. The molecule has 0 amide bonds. The molecule has 0 aliphatic heterocycles. The second kappa shape index (κ2) is 6.90. The molecule has 0 saturated heterocycles. The van der Waals surface area contributed by atoms with Crippen LogP contribution in [0.5, 0.6) is 5.75 Å². The number of hydrogen-bond donors (Lipinski definition) is 1. The molecule has 0 atom stereocenters. The van der Waals surface area contributed by atoms with Crippen LogP contribution in [0.25, 0.3) is 10.9 Å². The molecule has 0 saturated carbocycles. The lowest BCUT2D eigenvalue weighted by Crippen LogP contribution is -2.13. The molecule has 0 aliphatic carbocycles. The predicted molar refractivity (Wildman–Crippen MR) is 79.4 cm³/mol. The van der Waals surface area contributed by atoms with Gasteiger partial charge >= 0.3 is 0 Å². The Kier molecular flexibility index (Phi) is 4.93. The molecule has 0 aliphatic rings. The molecule has 1 heterocycles. The van der Waals surface area contributed by atoms with Crippen LogP contribution in [0.3, 0.4) is 0 Å². The molecular weight excluding hydrogens is 236 g/mol. The Bertz CT molecular complexity index is 564. The zero-order chi connectivity index (χ0) is 13.5. The van der Waals surface area contributed by atoms with Crippen molar-refractivity contribution in [3.05, 3.63) is 48.2 Å². The monoisotopic (exact) mass is 256 g/mol. The molecular formula is C16H20N2O. The van der Waals surface area contributed by atoms with Gasteiger partial charge in [0, 0.05) is 18.0 Å². The molecule has 0 unspecified atom stereocenters. The van der Waals surface area contributed by atoms with E-state index in [2.05, 4.69) is 17.2 Å². The summed E-state index contributed by atoms with van der Waals surface area (Å²) >= 11 is 0. The number of hydrogen-bond acceptors (Lipinski definition) is 3. The second-order valence-corrected chi connectivity index (χ2v) is 4.29. The van der Waals surface area contributed by atoms with E-state index < -0.39 is 0 Å². The number of aromatic nitrogens is 1. The third-order valence-corrected chi connectivity index (χ3v) is 2.86. The Morgan fingerprint density at radius 1 is 1.32 bits per heavy atom. The molecule has 2 aromatic rings. The van der Waals surface area contributed by atoms with Crippen molar-refractivity contribution in [2.75, 3.05) is 13.2 Å². The van der Waals surface area contributed by atoms with Crippen molar-refractivity contribution in [3.63, 3.8) is 0 Å². The van der Waals surface area contributed by atoms with E-state index in [4.69, 9.17) is 4.74 Å². The first-order chi connectivity index (χ1) is 9.35. The van der Waals surface area contributed by atoms with E-state index in [0.29, 0.717) is 6.61 Å². The highest BCUT2D eigenvalue weighted by atomic mass is 16.5. The number of ether oxygens (including phenoxy) is 1. The van der Waals surface area contributed by atoms with Crippen LogP contribution in [0, 0.1) is 0 Å². The van der Waals surface area contributed by atoms with Crippen LogP contribution >= 0.6 is 0 Å². The molecule has 0 fully saturated rings. The minimum atomic E-state index is 0.588. The minimum Gasteiger partial charge on any atom is -0.489 e. The van der Waals surface area contributed by atoms with Crippen molar-refractivity contribution in [1.29, 1.82) is 0 Å². The second-order valence-electron chi connectivity index (χ2n) is 4.29. The maximum absolute atomic E-state index is 5.83. The molecule has 3 heteroatoms. The average Bonchev–Trinajstić information content (AvgIpc) is 2.45. The molecule has 0 radical (unpaired) electrons. The van der Waals surface area contributed by atoms with Gasteiger partial charge in [-0.05, 0) is 25.6 Å². The van der Waals surface area contributed by atoms with E-state index in [1.807, 2.05) is 49.4 Å². The number of allylic oxidation sites excluding steroid dienone is 1. The fourth-order valence-corrected chi connectivity index (χ4v) is 1.89. The largest absolute Gasteiger partial charge is 0.489 e. The van der Waals surface area contributed by atoms with Gasteiger partial charge in [-0.15, -0.1) is 0 Å². The van der Waals surface area contributed by atoms with Crippen LogP contribution in [0.15, 0.2) is 42.5 Å². The Morgan fingerprint density at radius 2 is 2.16 bits per heavy atom. The molecule has 3 nitrogen and oxygen atoms in total. The van der Waals surface area contributed by atoms with Crippen molar-refractivity contribution in [1.82, 2.24) is 10.3 Å². The topological polar surface area (TPSA) is 34.1 Å². The van der Waals surface area contributed by atoms with Crippen LogP contribution in [-0.4, -0.2) is 18.1 Å². The van der Waals surface area contributed by atoms with Gasteiger partial charge in [0.1, 0.15) is 12.4 Å². The van der Waals surface area contributed by atoms with E-state index in [1.165, 1.54) is 0 Å². The van der Waals surface area contributed by atoms with Gasteiger partial charge in [0.15, 0.2) is 0 Å². The van der Waals surface area contributed by atoms with Crippen LogP contribution in [0.2, 0.25) is 0 Å². The Morgan fingerprint density at radius 3 is 2.95 bits per heavy atom. The van der Waals surface area contributed by atoms with Crippen LogP contribution in [-0.2, 0) is 6.54 Å². The fraction of sp³-hybridized carbons (Fsp3) is 0.312. The van der Waals surface area contributed by atoms with E-state index >= 15 is 0 Å². The first-order valence-corrected chi connectivity index (χ1v) is 6.68. The van der Waals surface area contributed by atoms with E-state index in [0.717, 1.165) is 35.4 Å². The highest BCUT2D eigenvalue weighted by Gasteiger charge is 2.05. The van der Waals surface area contributed by atoms with Gasteiger partial charge in [-0.1, -0.05) is 31.2 Å². The summed E-state index contributed by atoms with van der Waals surface area (Å²) < 4.78 is 5.83. The lowest BCUT2D eigenvalue weighted by atomic mass is 10.2. The van der Waals surface area contributed by atoms with Crippen LogP contribution < -0.4 is 10.1 Å². The summed E-state index contributed by atoms with van der Waals surface area (Å²) in [5, 5.41) is 4.35. The molecule has 100 valence electrons. The zero-order valence-corrected chi connectivity index (χ0v) is 11.5. The number of fused-ring (bicyclic) bond motifs is 1. The number of nitrogens with zero attached hydrogens (tertiary/aromatic N) is 1. The third-order valence-electron chi connectivity index (χ3n) is 2.86. The molecule has 19 heavy (non-hydrogen) atoms. The van der Waals surface area contributed by atoms with Gasteiger partial charge in [0.2, 0.25) is 0 Å². The summed E-state index contributed by atoms with van der Waals surface area (Å²) in [5.41, 5.74) is 1.99. The number of para-hydroxylation sites is 1. The summed E-state index contributed by atoms with van der Waals surface area (Å²) in [6.45, 7) is 6.37. The predicted octanol–water partition coefficient (Wildman–Crippen LogP) is 3.30. The normalized spacial score (nSPS) is 11.3. The molecule has 1 N–H and O–H groups in total. The maximum Gasteiger partial charge on any atom is 0.131 e. The van der Waals surface area contributed by atoms with Crippen molar-refractivity contribution in [2.24, 2.45) is 0 Å². The lowest BCUT2D eigenvalue weighted by molar-refractivity contribution is 0.366. The number of benzene rings is 1. The van der Waals surface area contributed by atoms with Gasteiger partial charge < -0.3 is 10.1 Å². The smallest absolute Gasteiger partial charge is 0.131 e. The fourth-order valence-electron chi connectivity index (χ4n) is 1.89. The van der Waals surface area contributed by atoms with E-state index in [9.17, 15) is 0 Å². The highest BCUT2D eigenvalue weighted by Crippen LogP contribution is 2.25. The summed E-state index contributed by atoms with van der Waals surface area (Å²) in [6.07, 6.45) is 3.99. The Hall–Kier alpha value is -1.87. The summed E-state index contributed by atoms with van der Waals surface area (Å²) in [6, 6.07) is 10.1. The van der Waals surface area contributed by atoms with Crippen molar-refractivity contribution >= 4 is 10.9 Å². The summed E-state index contributed by atoms with van der Waals surface area (Å²) in [5.74, 6) is 0.900. The van der Waals surface area contributed by atoms with Crippen molar-refractivity contribution in [3.8, 4) is 5.75 Å². The van der Waals surface area contributed by atoms with Crippen molar-refractivity contribution < 1.29 is 4.74 Å². The molecule has 0 spiro atoms. The molecule has 2 rings (SSSR count). The number of rotatable bonds is 6. The van der Waals surface area contributed by atoms with Gasteiger partial charge in [0.25, 0.3) is 0 Å². The van der Waals surface area contributed by atoms with Gasteiger partial charge in [-0.25, -0.2) is 0 Å². The standard InChI is InChI=1S/C16H20N2O/c1-3-5-10-19-16-11-13(12-17-4-2)18-15-9-7-6-8-14(15)16/h3,5-9,11,17H,4,10,12H2,1-2H3. The van der Waals surface area contributed by atoms with Gasteiger partial charge in [-0.3, -0.25) is 4.98 Å². The zero-order valence-electron chi connectivity index (χ0n) is 11.5. The molecule has 1 aromatic heterocycles. The van der Waals surface area contributed by atoms with Crippen LogP contribution in [0.4, 0.5) is 0 Å². The SMILES string of the molecule is CC=CCOc1cc(CNCC)nc2ccccc12. The van der Waals surface area contributed by atoms with Crippen molar-refractivity contribution in [2.45, 2.75) is 20.4 Å². The third kappa shape index (κ3) is 3.55. The Labute approximate surface area is 114 Å². The molecule has 1 aromatic carbocycles. The summed E-state index contributed by atoms with van der Waals surface area (Å²) in [4.78, 5) is 4.64. The van der Waals surface area contributed by atoms with Gasteiger partial charge in [-0.2, -0.15) is 0 Å². The van der Waals surface area contributed by atoms with E-state index in [-0.39, 0.29) is 0 Å². The molecule has 0 bridgehead atoms. The highest BCUT2D eigenvalue weighted by molar-refractivity contribution is 5.85. The van der Waals surface area contributed by atoms with Gasteiger partial charge in [0.05, 0.1) is 11.2 Å². The summed E-state index contributed by atoms with van der Waals surface area (Å²) in [7, 11) is 0. The quantitative estimate of drug-likeness (QED) is 0.805. The lowest BCUT2D eigenvalue weighted by Gasteiger charge is -2.10. The Balaban J connectivity index is 2.33. The van der Waals surface area contributed by atoms with Crippen LogP contribution in [0.1, 0.15) is 19.5 Å². The number of pyridine rings is 1.